The lowest BCUT2D eigenvalue weighted by Crippen LogP contribution is -2.68. The number of alkyl halides is 2. The van der Waals surface area contributed by atoms with Crippen molar-refractivity contribution in [2.45, 2.75) is 57.5 Å². The molecule has 0 aromatic rings. The Morgan fingerprint density at radius 3 is 2.65 bits per heavy atom. The first-order valence-electron chi connectivity index (χ1n) is 9.54. The topological polar surface area (TPSA) is 20.2 Å². The van der Waals surface area contributed by atoms with Crippen molar-refractivity contribution in [2.24, 2.45) is 28.6 Å². The van der Waals surface area contributed by atoms with Crippen LogP contribution in [0.4, 0.5) is 8.78 Å². The molecule has 8 atom stereocenters. The van der Waals surface area contributed by atoms with Crippen molar-refractivity contribution in [1.82, 2.24) is 0 Å². The van der Waals surface area contributed by atoms with Crippen LogP contribution < -0.4 is 0 Å². The Balaban J connectivity index is 1.84. The van der Waals surface area contributed by atoms with Crippen LogP contribution in [0.15, 0.2) is 47.4 Å². The van der Waals surface area contributed by atoms with Crippen molar-refractivity contribution in [3.05, 3.63) is 47.4 Å². The van der Waals surface area contributed by atoms with Gasteiger partial charge in [0.1, 0.15) is 6.17 Å². The molecule has 0 amide bonds. The summed E-state index contributed by atoms with van der Waals surface area (Å²) >= 11 is 4.48. The number of hydrogen-bond acceptors (Lipinski definition) is 2. The molecule has 0 aromatic carbocycles. The van der Waals surface area contributed by atoms with E-state index in [1.807, 2.05) is 0 Å². The summed E-state index contributed by atoms with van der Waals surface area (Å²) in [6, 6.07) is 0. The number of fused-ring (bicyclic) bond motifs is 5. The normalized spacial score (nSPS) is 52.8. The first kappa shape index (κ1) is 18.5. The third-order valence-electron chi connectivity index (χ3n) is 8.12. The maximum absolute atomic E-state index is 16.8. The summed E-state index contributed by atoms with van der Waals surface area (Å²) in [5, 5.41) is 11.1. The average molecular weight is 379 g/mol. The second kappa shape index (κ2) is 5.57. The van der Waals surface area contributed by atoms with Crippen molar-refractivity contribution < 1.29 is 13.9 Å². The molecule has 4 aliphatic carbocycles. The van der Waals surface area contributed by atoms with Gasteiger partial charge in [-0.3, -0.25) is 0 Å². The molecule has 0 heterocycles. The first-order chi connectivity index (χ1) is 12.1. The Morgan fingerprint density at radius 1 is 1.31 bits per heavy atom. The van der Waals surface area contributed by atoms with Gasteiger partial charge >= 0.3 is 0 Å². The van der Waals surface area contributed by atoms with Gasteiger partial charge in [-0.1, -0.05) is 38.3 Å². The van der Waals surface area contributed by atoms with Crippen LogP contribution in [0.25, 0.3) is 0 Å². The monoisotopic (exact) mass is 378 g/mol. The van der Waals surface area contributed by atoms with E-state index in [2.05, 4.69) is 32.7 Å². The van der Waals surface area contributed by atoms with Crippen molar-refractivity contribution in [2.75, 3.05) is 0 Å². The van der Waals surface area contributed by atoms with E-state index >= 15 is 8.78 Å². The van der Waals surface area contributed by atoms with Crippen LogP contribution in [0.5, 0.6) is 0 Å². The predicted octanol–water partition coefficient (Wildman–Crippen LogP) is 5.35. The Morgan fingerprint density at radius 2 is 2.00 bits per heavy atom. The molecule has 4 rings (SSSR count). The zero-order valence-corrected chi connectivity index (χ0v) is 16.4. The fourth-order valence-corrected chi connectivity index (χ4v) is 7.24. The molecule has 6 unspecified atom stereocenters. The molecule has 1 N–H and O–H groups in total. The van der Waals surface area contributed by atoms with E-state index in [9.17, 15) is 5.11 Å². The number of allylic oxidation sites excluding steroid dienone is 6. The van der Waals surface area contributed by atoms with E-state index in [4.69, 9.17) is 0 Å². The zero-order valence-electron chi connectivity index (χ0n) is 15.5. The summed E-state index contributed by atoms with van der Waals surface area (Å²) in [6.07, 6.45) is 5.03. The molecule has 3 saturated carbocycles. The van der Waals surface area contributed by atoms with Gasteiger partial charge in [-0.15, -0.1) is 12.6 Å². The van der Waals surface area contributed by atoms with Crippen LogP contribution in [0.1, 0.15) is 39.5 Å². The quantitative estimate of drug-likeness (QED) is 0.589. The highest BCUT2D eigenvalue weighted by atomic mass is 32.1. The fraction of sp³-hybridized carbons (Fsp3) is 0.636. The first-order valence-corrected chi connectivity index (χ1v) is 9.99. The number of halogens is 2. The van der Waals surface area contributed by atoms with Gasteiger partial charge < -0.3 is 5.11 Å². The van der Waals surface area contributed by atoms with Crippen LogP contribution in [0.2, 0.25) is 0 Å². The molecule has 0 bridgehead atoms. The Labute approximate surface area is 160 Å². The fourth-order valence-electron chi connectivity index (χ4n) is 6.82. The van der Waals surface area contributed by atoms with Gasteiger partial charge in [-0.05, 0) is 65.9 Å². The van der Waals surface area contributed by atoms with Gasteiger partial charge in [0.25, 0.3) is 0 Å². The number of aliphatic hydroxyl groups is 1. The van der Waals surface area contributed by atoms with E-state index in [1.165, 1.54) is 0 Å². The summed E-state index contributed by atoms with van der Waals surface area (Å²) in [4.78, 5) is 0.793. The van der Waals surface area contributed by atoms with Gasteiger partial charge in [0.15, 0.2) is 5.67 Å². The minimum absolute atomic E-state index is 0.0277. The molecular formula is C22H28F2OS. The number of thiol groups is 1. The van der Waals surface area contributed by atoms with Gasteiger partial charge in [-0.25, -0.2) is 8.78 Å². The highest BCUT2D eigenvalue weighted by Gasteiger charge is 2.71. The predicted molar refractivity (Wildman–Crippen MR) is 104 cm³/mol. The van der Waals surface area contributed by atoms with E-state index in [-0.39, 0.29) is 23.7 Å². The van der Waals surface area contributed by atoms with E-state index in [0.29, 0.717) is 17.6 Å². The average Bonchev–Trinajstić information content (AvgIpc) is 2.89. The van der Waals surface area contributed by atoms with Gasteiger partial charge in [0.05, 0.1) is 6.10 Å². The molecule has 0 spiro atoms. The number of rotatable bonds is 1. The molecule has 0 saturated heterocycles. The van der Waals surface area contributed by atoms with Crippen LogP contribution in [0, 0.1) is 28.6 Å². The maximum Gasteiger partial charge on any atom is 0.152 e. The summed E-state index contributed by atoms with van der Waals surface area (Å²) < 4.78 is 32.0. The SMILES string of the molecule is C=C1C=CC2(C)C(=C1)[C@@H](F)CC1C3CCC(C(=C)S)C3(C)CC(O)[C@@]12F. The summed E-state index contributed by atoms with van der Waals surface area (Å²) in [6.45, 7) is 11.7. The van der Waals surface area contributed by atoms with Crippen LogP contribution in [0.3, 0.4) is 0 Å². The minimum atomic E-state index is -1.87. The maximum atomic E-state index is 16.8. The summed E-state index contributed by atoms with van der Waals surface area (Å²) in [5.74, 6) is -0.346. The van der Waals surface area contributed by atoms with E-state index < -0.39 is 29.3 Å². The lowest BCUT2D eigenvalue weighted by molar-refractivity contribution is -0.199. The Hall–Kier alpha value is -0.870. The van der Waals surface area contributed by atoms with Crippen LogP contribution in [-0.2, 0) is 0 Å². The molecular weight excluding hydrogens is 350 g/mol. The van der Waals surface area contributed by atoms with Gasteiger partial charge in [-0.2, -0.15) is 0 Å². The highest BCUT2D eigenvalue weighted by molar-refractivity contribution is 7.84. The van der Waals surface area contributed by atoms with Crippen molar-refractivity contribution >= 4 is 12.6 Å². The highest BCUT2D eigenvalue weighted by Crippen LogP contribution is 2.70. The van der Waals surface area contributed by atoms with Crippen molar-refractivity contribution in [1.29, 1.82) is 0 Å². The molecule has 26 heavy (non-hydrogen) atoms. The lowest BCUT2D eigenvalue weighted by atomic mass is 9.45. The number of aliphatic hydroxyl groups excluding tert-OH is 1. The third kappa shape index (κ3) is 2.06. The second-order valence-corrected chi connectivity index (χ2v) is 9.82. The molecule has 0 radical (unpaired) electrons. The number of hydrogen-bond donors (Lipinski definition) is 2. The van der Waals surface area contributed by atoms with E-state index in [0.717, 1.165) is 17.7 Å². The molecule has 3 fully saturated rings. The summed E-state index contributed by atoms with van der Waals surface area (Å²) in [5.41, 5.74) is -2.16. The molecule has 4 aliphatic rings. The molecule has 142 valence electrons. The smallest absolute Gasteiger partial charge is 0.152 e. The molecule has 1 nitrogen and oxygen atoms in total. The van der Waals surface area contributed by atoms with Crippen molar-refractivity contribution in [3.8, 4) is 0 Å². The molecule has 0 aromatic heterocycles. The van der Waals surface area contributed by atoms with Crippen LogP contribution in [-0.4, -0.2) is 23.1 Å². The summed E-state index contributed by atoms with van der Waals surface area (Å²) in [7, 11) is 0. The third-order valence-corrected chi connectivity index (χ3v) is 8.43. The van der Waals surface area contributed by atoms with E-state index in [1.54, 1.807) is 25.2 Å². The Kier molecular flexibility index (Phi) is 3.96. The lowest BCUT2D eigenvalue weighted by Gasteiger charge is -2.62. The second-order valence-electron chi connectivity index (χ2n) is 9.24. The van der Waals surface area contributed by atoms with Gasteiger partial charge in [0, 0.05) is 11.3 Å². The standard InChI is InChI=1S/C22H28F2OS/c1-12-7-8-21(4)17(9-12)18(23)10-16-15-6-5-14(13(2)26)20(15,3)11-19(25)22(16,21)24/h7-9,14-16,18-19,25-26H,1-2,5-6,10-11H2,3-4H3/t14?,15?,16?,18-,19?,20?,21?,22-/m0/s1. The molecule has 4 heteroatoms. The van der Waals surface area contributed by atoms with Crippen molar-refractivity contribution in [3.63, 3.8) is 0 Å². The zero-order chi connectivity index (χ0) is 19.1. The minimum Gasteiger partial charge on any atom is -0.390 e. The van der Waals surface area contributed by atoms with Gasteiger partial charge in [0.2, 0.25) is 0 Å². The Bertz CT molecular complexity index is 742. The largest absolute Gasteiger partial charge is 0.390 e. The van der Waals surface area contributed by atoms with Crippen LogP contribution >= 0.6 is 12.6 Å². The molecule has 0 aliphatic heterocycles.